The van der Waals surface area contributed by atoms with Crippen LogP contribution in [-0.2, 0) is 0 Å². The molecule has 0 saturated heterocycles. The van der Waals surface area contributed by atoms with E-state index in [1.165, 1.54) is 0 Å². The van der Waals surface area contributed by atoms with Crippen molar-refractivity contribution in [3.63, 3.8) is 0 Å². The molecule has 0 radical (unpaired) electrons. The van der Waals surface area contributed by atoms with Crippen LogP contribution in [0.4, 0.5) is 0 Å². The highest BCUT2D eigenvalue weighted by Gasteiger charge is 2.25. The van der Waals surface area contributed by atoms with Crippen molar-refractivity contribution in [2.75, 3.05) is 6.61 Å². The predicted molar refractivity (Wildman–Crippen MR) is 77.8 cm³/mol. The summed E-state index contributed by atoms with van der Waals surface area (Å²) >= 11 is 0. The van der Waals surface area contributed by atoms with Gasteiger partial charge < -0.3 is 10.4 Å². The molecule has 2 heterocycles. The molecular formula is C15H21N3O2. The van der Waals surface area contributed by atoms with E-state index in [2.05, 4.69) is 10.3 Å². The van der Waals surface area contributed by atoms with Gasteiger partial charge in [-0.15, -0.1) is 0 Å². The molecule has 0 spiro atoms. The lowest BCUT2D eigenvalue weighted by Crippen LogP contribution is -2.46. The van der Waals surface area contributed by atoms with Crippen molar-refractivity contribution in [1.29, 1.82) is 0 Å². The molecular weight excluding hydrogens is 254 g/mol. The van der Waals surface area contributed by atoms with Gasteiger partial charge in [-0.3, -0.25) is 9.20 Å². The first kappa shape index (κ1) is 14.5. The normalized spacial score (nSPS) is 14.2. The highest BCUT2D eigenvalue weighted by Crippen LogP contribution is 2.16. The summed E-state index contributed by atoms with van der Waals surface area (Å²) in [5.74, 6) is -0.166. The molecule has 5 nitrogen and oxygen atoms in total. The van der Waals surface area contributed by atoms with Gasteiger partial charge in [0.25, 0.3) is 5.91 Å². The number of aryl methyl sites for hydroxylation is 1. The van der Waals surface area contributed by atoms with Gasteiger partial charge in [0.2, 0.25) is 0 Å². The zero-order valence-corrected chi connectivity index (χ0v) is 12.2. The molecule has 1 amide bonds. The number of carbonyl (C=O) groups is 1. The van der Waals surface area contributed by atoms with Crippen LogP contribution >= 0.6 is 0 Å². The van der Waals surface area contributed by atoms with E-state index < -0.39 is 5.54 Å². The van der Waals surface area contributed by atoms with Crippen LogP contribution in [0.1, 0.15) is 42.7 Å². The molecule has 0 aliphatic heterocycles. The number of amides is 1. The fourth-order valence-electron chi connectivity index (χ4n) is 2.17. The number of aliphatic hydroxyl groups excluding tert-OH is 1. The average molecular weight is 275 g/mol. The first-order valence-electron chi connectivity index (χ1n) is 6.86. The zero-order chi connectivity index (χ0) is 14.8. The van der Waals surface area contributed by atoms with E-state index in [9.17, 15) is 4.79 Å². The Morgan fingerprint density at radius 1 is 1.50 bits per heavy atom. The molecule has 2 rings (SSSR count). The summed E-state index contributed by atoms with van der Waals surface area (Å²) in [6.45, 7) is 5.96. The third kappa shape index (κ3) is 2.82. The molecule has 0 bridgehead atoms. The predicted octanol–water partition coefficient (Wildman–Crippen LogP) is 1.92. The Labute approximate surface area is 118 Å². The van der Waals surface area contributed by atoms with E-state index >= 15 is 0 Å². The van der Waals surface area contributed by atoms with Crippen molar-refractivity contribution in [3.8, 4) is 0 Å². The Bertz CT molecular complexity index is 621. The third-order valence-electron chi connectivity index (χ3n) is 3.75. The number of aromatic nitrogens is 2. The standard InChI is InChI=1S/C15H21N3O2/c1-4-15(3,7-8-19)17-14(20)12-9-16-13-6-5-11(2)10-18(12)13/h5-6,9-10,19H,4,7-8H2,1-3H3,(H,17,20). The quantitative estimate of drug-likeness (QED) is 0.876. The number of pyridine rings is 1. The molecule has 0 aliphatic rings. The molecule has 0 saturated carbocycles. The van der Waals surface area contributed by atoms with E-state index in [4.69, 9.17) is 5.11 Å². The highest BCUT2D eigenvalue weighted by atomic mass is 16.3. The monoisotopic (exact) mass is 275 g/mol. The number of aliphatic hydroxyl groups is 1. The molecule has 2 aromatic rings. The van der Waals surface area contributed by atoms with Crippen LogP contribution in [0.2, 0.25) is 0 Å². The van der Waals surface area contributed by atoms with E-state index in [1.807, 2.05) is 39.1 Å². The van der Waals surface area contributed by atoms with Gasteiger partial charge in [-0.05, 0) is 38.3 Å². The summed E-state index contributed by atoms with van der Waals surface area (Å²) in [5, 5.41) is 12.1. The summed E-state index contributed by atoms with van der Waals surface area (Å²) in [7, 11) is 0. The van der Waals surface area contributed by atoms with Gasteiger partial charge in [-0.25, -0.2) is 4.98 Å². The second-order valence-electron chi connectivity index (χ2n) is 5.42. The summed E-state index contributed by atoms with van der Waals surface area (Å²) in [6, 6.07) is 3.85. The van der Waals surface area contributed by atoms with Crippen molar-refractivity contribution >= 4 is 11.6 Å². The van der Waals surface area contributed by atoms with Crippen LogP contribution in [0.15, 0.2) is 24.5 Å². The second kappa shape index (κ2) is 5.63. The van der Waals surface area contributed by atoms with Crippen molar-refractivity contribution in [2.24, 2.45) is 0 Å². The molecule has 2 aromatic heterocycles. The van der Waals surface area contributed by atoms with Gasteiger partial charge in [-0.2, -0.15) is 0 Å². The Morgan fingerprint density at radius 3 is 2.90 bits per heavy atom. The number of rotatable bonds is 5. The SMILES string of the molecule is CCC(C)(CCO)NC(=O)c1cnc2ccc(C)cn12. The molecule has 2 N–H and O–H groups in total. The summed E-state index contributed by atoms with van der Waals surface area (Å²) < 4.78 is 1.79. The van der Waals surface area contributed by atoms with Crippen molar-refractivity contribution < 1.29 is 9.90 Å². The first-order valence-corrected chi connectivity index (χ1v) is 6.86. The lowest BCUT2D eigenvalue weighted by atomic mass is 9.95. The highest BCUT2D eigenvalue weighted by molar-refractivity contribution is 5.93. The van der Waals surface area contributed by atoms with Crippen LogP contribution in [0.3, 0.4) is 0 Å². The van der Waals surface area contributed by atoms with Gasteiger partial charge in [0, 0.05) is 18.3 Å². The summed E-state index contributed by atoms with van der Waals surface area (Å²) in [4.78, 5) is 16.7. The van der Waals surface area contributed by atoms with Crippen molar-refractivity contribution in [3.05, 3.63) is 35.8 Å². The smallest absolute Gasteiger partial charge is 0.270 e. The Kier molecular flexibility index (Phi) is 4.09. The maximum absolute atomic E-state index is 12.4. The number of imidazole rings is 1. The van der Waals surface area contributed by atoms with Crippen LogP contribution in [0.5, 0.6) is 0 Å². The van der Waals surface area contributed by atoms with Crippen molar-refractivity contribution in [1.82, 2.24) is 14.7 Å². The minimum atomic E-state index is -0.403. The average Bonchev–Trinajstić information content (AvgIpc) is 2.81. The molecule has 0 aromatic carbocycles. The molecule has 0 fully saturated rings. The second-order valence-corrected chi connectivity index (χ2v) is 5.42. The van der Waals surface area contributed by atoms with Crippen LogP contribution in [0.25, 0.3) is 5.65 Å². The number of hydrogen-bond acceptors (Lipinski definition) is 3. The lowest BCUT2D eigenvalue weighted by Gasteiger charge is -2.28. The first-order chi connectivity index (χ1) is 9.49. The minimum Gasteiger partial charge on any atom is -0.396 e. The van der Waals surface area contributed by atoms with Gasteiger partial charge in [0.05, 0.1) is 6.20 Å². The van der Waals surface area contributed by atoms with Crippen molar-refractivity contribution in [2.45, 2.75) is 39.2 Å². The molecule has 1 unspecified atom stereocenters. The van der Waals surface area contributed by atoms with Crippen LogP contribution in [-0.4, -0.2) is 32.5 Å². The molecule has 108 valence electrons. The van der Waals surface area contributed by atoms with Gasteiger partial charge in [0.1, 0.15) is 11.3 Å². The maximum Gasteiger partial charge on any atom is 0.270 e. The van der Waals surface area contributed by atoms with E-state index in [-0.39, 0.29) is 12.5 Å². The largest absolute Gasteiger partial charge is 0.396 e. The Balaban J connectivity index is 2.29. The van der Waals surface area contributed by atoms with E-state index in [0.29, 0.717) is 12.1 Å². The topological polar surface area (TPSA) is 66.6 Å². The van der Waals surface area contributed by atoms with Gasteiger partial charge in [-0.1, -0.05) is 13.0 Å². The zero-order valence-electron chi connectivity index (χ0n) is 12.2. The number of nitrogens with one attached hydrogen (secondary N) is 1. The summed E-state index contributed by atoms with van der Waals surface area (Å²) in [5.41, 5.74) is 1.93. The van der Waals surface area contributed by atoms with E-state index in [1.54, 1.807) is 10.6 Å². The van der Waals surface area contributed by atoms with E-state index in [0.717, 1.165) is 17.6 Å². The lowest BCUT2D eigenvalue weighted by molar-refractivity contribution is 0.0880. The molecule has 5 heteroatoms. The van der Waals surface area contributed by atoms with Gasteiger partial charge in [0.15, 0.2) is 0 Å². The molecule has 0 aliphatic carbocycles. The molecule has 1 atom stereocenters. The fourth-order valence-corrected chi connectivity index (χ4v) is 2.17. The maximum atomic E-state index is 12.4. The minimum absolute atomic E-state index is 0.0525. The molecule has 20 heavy (non-hydrogen) atoms. The summed E-state index contributed by atoms with van der Waals surface area (Å²) in [6.07, 6.45) is 4.77. The third-order valence-corrected chi connectivity index (χ3v) is 3.75. The van der Waals surface area contributed by atoms with Gasteiger partial charge >= 0.3 is 0 Å². The Hall–Kier alpha value is -1.88. The van der Waals surface area contributed by atoms with Crippen LogP contribution < -0.4 is 5.32 Å². The number of fused-ring (bicyclic) bond motifs is 1. The fraction of sp³-hybridized carbons (Fsp3) is 0.467. The number of nitrogens with zero attached hydrogens (tertiary/aromatic N) is 2. The van der Waals surface area contributed by atoms with Crippen LogP contribution in [0, 0.1) is 6.92 Å². The number of carbonyl (C=O) groups excluding carboxylic acids is 1. The Morgan fingerprint density at radius 2 is 2.25 bits per heavy atom. The number of hydrogen-bond donors (Lipinski definition) is 2.